The van der Waals surface area contributed by atoms with E-state index in [1.165, 1.54) is 4.90 Å². The molecule has 0 saturated heterocycles. The highest BCUT2D eigenvalue weighted by Crippen LogP contribution is 1.98. The number of rotatable bonds is 2. The van der Waals surface area contributed by atoms with Gasteiger partial charge in [0.05, 0.1) is 0 Å². The van der Waals surface area contributed by atoms with Crippen LogP contribution in [0.15, 0.2) is 0 Å². The van der Waals surface area contributed by atoms with E-state index in [-0.39, 0.29) is 0 Å². The summed E-state index contributed by atoms with van der Waals surface area (Å²) < 4.78 is 0. The quantitative estimate of drug-likeness (QED) is 0.382. The normalized spacial score (nSPS) is 18.1. The maximum Gasteiger partial charge on any atom is 0.174 e. The molecule has 0 heterocycles. The summed E-state index contributed by atoms with van der Waals surface area (Å²) in [6, 6.07) is 0. The summed E-state index contributed by atoms with van der Waals surface area (Å²) in [4.78, 5) is 11.2. The van der Waals surface area contributed by atoms with Gasteiger partial charge in [0.25, 0.3) is 0 Å². The second kappa shape index (κ2) is 2.24. The van der Waals surface area contributed by atoms with Crippen LogP contribution in [-0.4, -0.2) is 36.1 Å². The van der Waals surface area contributed by atoms with E-state index in [2.05, 4.69) is 6.92 Å². The van der Waals surface area contributed by atoms with E-state index in [9.17, 15) is 4.79 Å². The van der Waals surface area contributed by atoms with Crippen molar-refractivity contribution in [2.45, 2.75) is 5.72 Å². The summed E-state index contributed by atoms with van der Waals surface area (Å²) >= 11 is 0. The Labute approximate surface area is 48.9 Å². The predicted octanol–water partition coefficient (Wildman–Crippen LogP) is -0.730. The monoisotopic (exact) mass is 116 g/mol. The van der Waals surface area contributed by atoms with Crippen LogP contribution < -0.4 is 0 Å². The fourth-order valence-corrected chi connectivity index (χ4v) is 0.105. The Bertz CT molecular complexity index is 88.4. The molecular weight excluding hydrogens is 106 g/mol. The lowest BCUT2D eigenvalue weighted by atomic mass is 10.3. The maximum atomic E-state index is 9.91. The number of carbonyl (C=O) groups excluding carboxylic acids is 1. The third-order valence-electron chi connectivity index (χ3n) is 0.963. The SMILES string of the molecule is [CH2]C(O)(C=O)N(C)C. The van der Waals surface area contributed by atoms with E-state index in [1.807, 2.05) is 0 Å². The molecule has 0 rings (SSSR count). The van der Waals surface area contributed by atoms with Crippen LogP contribution in [0.3, 0.4) is 0 Å². The molecule has 3 heteroatoms. The standard InChI is InChI=1S/C5H10NO2/c1-5(8,4-7)6(2)3/h4,8H,1H2,2-3H3. The lowest BCUT2D eigenvalue weighted by Crippen LogP contribution is -2.42. The second-order valence-electron chi connectivity index (χ2n) is 1.89. The van der Waals surface area contributed by atoms with E-state index >= 15 is 0 Å². The molecule has 0 bridgehead atoms. The van der Waals surface area contributed by atoms with Gasteiger partial charge in [-0.3, -0.25) is 9.69 Å². The van der Waals surface area contributed by atoms with Crippen LogP contribution in [0.1, 0.15) is 0 Å². The van der Waals surface area contributed by atoms with E-state index in [4.69, 9.17) is 5.11 Å². The van der Waals surface area contributed by atoms with Crippen molar-refractivity contribution in [2.24, 2.45) is 0 Å². The highest BCUT2D eigenvalue weighted by Gasteiger charge is 2.20. The van der Waals surface area contributed by atoms with Gasteiger partial charge in [0.15, 0.2) is 12.0 Å². The van der Waals surface area contributed by atoms with E-state index < -0.39 is 5.72 Å². The average molecular weight is 116 g/mol. The molecule has 1 unspecified atom stereocenters. The summed E-state index contributed by atoms with van der Waals surface area (Å²) in [5.74, 6) is 0. The van der Waals surface area contributed by atoms with Gasteiger partial charge in [-0.2, -0.15) is 0 Å². The van der Waals surface area contributed by atoms with Gasteiger partial charge in [0.2, 0.25) is 0 Å². The predicted molar refractivity (Wildman–Crippen MR) is 30.1 cm³/mol. The third-order valence-corrected chi connectivity index (χ3v) is 0.963. The summed E-state index contributed by atoms with van der Waals surface area (Å²) in [6.45, 7) is 3.20. The Kier molecular flexibility index (Phi) is 2.12. The van der Waals surface area contributed by atoms with Gasteiger partial charge in [0.1, 0.15) is 0 Å². The summed E-state index contributed by atoms with van der Waals surface area (Å²) in [6.07, 6.45) is 0.382. The summed E-state index contributed by atoms with van der Waals surface area (Å²) in [5, 5.41) is 8.85. The first-order valence-corrected chi connectivity index (χ1v) is 2.22. The molecular formula is C5H10NO2. The molecule has 47 valence electrons. The Balaban J connectivity index is 3.90. The zero-order chi connectivity index (χ0) is 6.78. The van der Waals surface area contributed by atoms with Crippen LogP contribution in [0.5, 0.6) is 0 Å². The number of hydrogen-bond acceptors (Lipinski definition) is 3. The molecule has 1 atom stereocenters. The first-order chi connectivity index (χ1) is 3.50. The molecule has 0 aromatic carbocycles. The van der Waals surface area contributed by atoms with E-state index in [0.717, 1.165) is 0 Å². The van der Waals surface area contributed by atoms with Crippen LogP contribution in [0, 0.1) is 6.92 Å². The van der Waals surface area contributed by atoms with Gasteiger partial charge in [0, 0.05) is 6.92 Å². The van der Waals surface area contributed by atoms with Gasteiger partial charge in [-0.05, 0) is 14.1 Å². The van der Waals surface area contributed by atoms with Crippen LogP contribution in [0.2, 0.25) is 0 Å². The Morgan fingerprint density at radius 1 is 1.75 bits per heavy atom. The molecule has 0 aromatic rings. The van der Waals surface area contributed by atoms with E-state index in [1.54, 1.807) is 14.1 Å². The highest BCUT2D eigenvalue weighted by molar-refractivity contribution is 5.62. The Morgan fingerprint density at radius 2 is 2.12 bits per heavy atom. The molecule has 0 saturated carbocycles. The first kappa shape index (κ1) is 7.59. The van der Waals surface area contributed by atoms with Crippen molar-refractivity contribution in [3.05, 3.63) is 6.92 Å². The molecule has 1 N–H and O–H groups in total. The number of aldehydes is 1. The molecule has 0 aromatic heterocycles. The van der Waals surface area contributed by atoms with Crippen molar-refractivity contribution in [3.8, 4) is 0 Å². The van der Waals surface area contributed by atoms with Crippen molar-refractivity contribution in [1.82, 2.24) is 4.90 Å². The molecule has 8 heavy (non-hydrogen) atoms. The highest BCUT2D eigenvalue weighted by atomic mass is 16.3. The second-order valence-corrected chi connectivity index (χ2v) is 1.89. The fourth-order valence-electron chi connectivity index (χ4n) is 0.105. The minimum absolute atomic E-state index is 0.382. The van der Waals surface area contributed by atoms with Gasteiger partial charge in [-0.25, -0.2) is 0 Å². The lowest BCUT2D eigenvalue weighted by Gasteiger charge is -2.23. The van der Waals surface area contributed by atoms with Crippen molar-refractivity contribution in [2.75, 3.05) is 14.1 Å². The Hall–Kier alpha value is -0.410. The van der Waals surface area contributed by atoms with Crippen LogP contribution in [0.25, 0.3) is 0 Å². The third kappa shape index (κ3) is 1.60. The van der Waals surface area contributed by atoms with Crippen molar-refractivity contribution < 1.29 is 9.90 Å². The maximum absolute atomic E-state index is 9.91. The first-order valence-electron chi connectivity index (χ1n) is 2.22. The molecule has 0 aliphatic rings. The smallest absolute Gasteiger partial charge is 0.174 e. The van der Waals surface area contributed by atoms with Gasteiger partial charge in [-0.15, -0.1) is 0 Å². The van der Waals surface area contributed by atoms with Crippen LogP contribution >= 0.6 is 0 Å². The van der Waals surface area contributed by atoms with Crippen LogP contribution in [0.4, 0.5) is 0 Å². The largest absolute Gasteiger partial charge is 0.369 e. The fraction of sp³-hybridized carbons (Fsp3) is 0.600. The van der Waals surface area contributed by atoms with Gasteiger partial charge >= 0.3 is 0 Å². The zero-order valence-corrected chi connectivity index (χ0v) is 5.09. The van der Waals surface area contributed by atoms with Crippen molar-refractivity contribution >= 4 is 6.29 Å². The summed E-state index contributed by atoms with van der Waals surface area (Å²) in [7, 11) is 3.14. The van der Waals surface area contributed by atoms with Crippen molar-refractivity contribution in [3.63, 3.8) is 0 Å². The van der Waals surface area contributed by atoms with Gasteiger partial charge in [-0.1, -0.05) is 0 Å². The minimum Gasteiger partial charge on any atom is -0.369 e. The zero-order valence-electron chi connectivity index (χ0n) is 5.09. The van der Waals surface area contributed by atoms with Gasteiger partial charge < -0.3 is 5.11 Å². The molecule has 3 nitrogen and oxygen atoms in total. The lowest BCUT2D eigenvalue weighted by molar-refractivity contribution is -0.132. The van der Waals surface area contributed by atoms with Crippen LogP contribution in [-0.2, 0) is 4.79 Å². The molecule has 0 spiro atoms. The topological polar surface area (TPSA) is 40.5 Å². The Morgan fingerprint density at radius 3 is 2.12 bits per heavy atom. The molecule has 1 radical (unpaired) electrons. The number of carbonyl (C=O) groups is 1. The van der Waals surface area contributed by atoms with Crippen molar-refractivity contribution in [1.29, 1.82) is 0 Å². The molecule has 0 fully saturated rings. The number of likely N-dealkylation sites (N-methyl/N-ethyl adjacent to an activating group) is 1. The van der Waals surface area contributed by atoms with E-state index in [0.29, 0.717) is 6.29 Å². The minimum atomic E-state index is -1.56. The summed E-state index contributed by atoms with van der Waals surface area (Å²) in [5.41, 5.74) is -1.56. The number of nitrogens with zero attached hydrogens (tertiary/aromatic N) is 1. The number of aliphatic hydroxyl groups is 1. The molecule has 0 amide bonds. The molecule has 0 aliphatic heterocycles. The molecule has 0 aliphatic carbocycles. The average Bonchev–Trinajstić information content (AvgIpc) is 1.67. The number of hydrogen-bond donors (Lipinski definition) is 1.